The van der Waals surface area contributed by atoms with E-state index >= 15 is 0 Å². The van der Waals surface area contributed by atoms with Crippen molar-refractivity contribution in [1.29, 1.82) is 5.41 Å². The zero-order valence-corrected chi connectivity index (χ0v) is 11.7. The molecule has 1 rings (SSSR count). The fraction of sp³-hybridized carbons (Fsp3) is 0.417. The van der Waals surface area contributed by atoms with Crippen LogP contribution in [0.3, 0.4) is 0 Å². The summed E-state index contributed by atoms with van der Waals surface area (Å²) in [4.78, 5) is 0. The van der Waals surface area contributed by atoms with Crippen LogP contribution in [0, 0.1) is 5.41 Å². The van der Waals surface area contributed by atoms with E-state index in [0.29, 0.717) is 29.3 Å². The van der Waals surface area contributed by atoms with E-state index in [4.69, 9.17) is 15.3 Å². The van der Waals surface area contributed by atoms with Crippen LogP contribution in [0.5, 0.6) is 0 Å². The predicted octanol–water partition coefficient (Wildman–Crippen LogP) is 2.63. The first kappa shape index (κ1) is 15.1. The maximum atomic E-state index is 14.0. The highest BCUT2D eigenvalue weighted by Crippen LogP contribution is 2.25. The van der Waals surface area contributed by atoms with Crippen LogP contribution in [0.15, 0.2) is 18.2 Å². The fourth-order valence-corrected chi connectivity index (χ4v) is 1.87. The third-order valence-corrected chi connectivity index (χ3v) is 2.87. The summed E-state index contributed by atoms with van der Waals surface area (Å²) < 4.78 is 18.9. The second-order valence-electron chi connectivity index (χ2n) is 3.76. The van der Waals surface area contributed by atoms with Crippen molar-refractivity contribution >= 4 is 26.2 Å². The third-order valence-electron chi connectivity index (χ3n) is 2.45. The summed E-state index contributed by atoms with van der Waals surface area (Å²) in [5, 5.41) is 17.2. The van der Waals surface area contributed by atoms with Crippen LogP contribution in [0.4, 0.5) is 10.2 Å². The zero-order chi connectivity index (χ0) is 13.5. The second-order valence-corrected chi connectivity index (χ2v) is 4.55. The van der Waals surface area contributed by atoms with E-state index in [9.17, 15) is 4.48 Å². The van der Waals surface area contributed by atoms with E-state index in [0.717, 1.165) is 0 Å². The normalized spacial score (nSPS) is 10.4. The molecule has 0 bridgehead atoms. The average molecular weight is 319 g/mol. The largest absolute Gasteiger partial charge is 0.392 e. The Morgan fingerprint density at radius 1 is 1.56 bits per heavy atom. The van der Waals surface area contributed by atoms with Gasteiger partial charge in [-0.05, 0) is 40.0 Å². The van der Waals surface area contributed by atoms with Gasteiger partial charge in [-0.3, -0.25) is 5.41 Å². The van der Waals surface area contributed by atoms with Crippen LogP contribution in [0.1, 0.15) is 17.5 Å². The predicted molar refractivity (Wildman–Crippen MR) is 73.1 cm³/mol. The van der Waals surface area contributed by atoms with E-state index in [-0.39, 0.29) is 23.5 Å². The number of nitrogens with zero attached hydrogens (tertiary/aromatic N) is 1. The van der Waals surface area contributed by atoms with Gasteiger partial charge in [0.25, 0.3) is 0 Å². The molecule has 0 saturated carbocycles. The van der Waals surface area contributed by atoms with Gasteiger partial charge in [0.1, 0.15) is 4.62 Å². The average Bonchev–Trinajstić information content (AvgIpc) is 2.38. The summed E-state index contributed by atoms with van der Waals surface area (Å²) in [5.74, 6) is 0. The summed E-state index contributed by atoms with van der Waals surface area (Å²) in [5.41, 5.74) is 1.34. The quantitative estimate of drug-likeness (QED) is 0.461. The van der Waals surface area contributed by atoms with Crippen molar-refractivity contribution in [2.24, 2.45) is 0 Å². The van der Waals surface area contributed by atoms with E-state index in [1.54, 1.807) is 19.2 Å². The number of nitrogens with one attached hydrogen (secondary N) is 1. The molecule has 1 aromatic carbocycles. The highest BCUT2D eigenvalue weighted by Gasteiger charge is 2.13. The molecule has 0 fully saturated rings. The van der Waals surface area contributed by atoms with Crippen LogP contribution in [-0.2, 0) is 11.3 Å². The fourth-order valence-electron chi connectivity index (χ4n) is 1.53. The van der Waals surface area contributed by atoms with Crippen LogP contribution in [-0.4, -0.2) is 30.0 Å². The minimum atomic E-state index is -0.158. The summed E-state index contributed by atoms with van der Waals surface area (Å²) in [6, 6.07) is 4.82. The second kappa shape index (κ2) is 7.45. The standard InChI is InChI=1S/C12H16BrFN2O2/c1-18-6-2-5-16(14)11-7-9(8-17)3-4-10(11)12(13)15/h3-4,7,15,17H,2,5-6,8H2,1H3. The molecule has 0 saturated heterocycles. The molecule has 0 radical (unpaired) electrons. The van der Waals surface area contributed by atoms with Gasteiger partial charge in [0, 0.05) is 19.3 Å². The lowest BCUT2D eigenvalue weighted by molar-refractivity contribution is 0.192. The first-order chi connectivity index (χ1) is 8.60. The van der Waals surface area contributed by atoms with Gasteiger partial charge in [-0.15, -0.1) is 0 Å². The number of hydrogen-bond acceptors (Lipinski definition) is 4. The number of aliphatic hydroxyl groups is 1. The van der Waals surface area contributed by atoms with Gasteiger partial charge in [0.05, 0.1) is 18.8 Å². The Hall–Kier alpha value is -0.980. The van der Waals surface area contributed by atoms with Crippen molar-refractivity contribution in [2.75, 3.05) is 25.4 Å². The molecule has 0 spiro atoms. The highest BCUT2D eigenvalue weighted by atomic mass is 79.9. The number of hydrogen-bond donors (Lipinski definition) is 2. The molecule has 100 valence electrons. The van der Waals surface area contributed by atoms with Crippen molar-refractivity contribution in [2.45, 2.75) is 13.0 Å². The number of benzene rings is 1. The molecule has 0 aliphatic carbocycles. The van der Waals surface area contributed by atoms with Crippen molar-refractivity contribution in [3.63, 3.8) is 0 Å². The van der Waals surface area contributed by atoms with Crippen molar-refractivity contribution in [3.05, 3.63) is 29.3 Å². The van der Waals surface area contributed by atoms with Crippen LogP contribution in [0.2, 0.25) is 0 Å². The Morgan fingerprint density at radius 3 is 2.83 bits per heavy atom. The van der Waals surface area contributed by atoms with E-state index in [1.807, 2.05) is 0 Å². The molecule has 0 amide bonds. The molecular weight excluding hydrogens is 303 g/mol. The molecule has 0 atom stereocenters. The minimum absolute atomic E-state index is 0.108. The molecule has 4 nitrogen and oxygen atoms in total. The molecule has 2 N–H and O–H groups in total. The van der Waals surface area contributed by atoms with Gasteiger partial charge < -0.3 is 9.84 Å². The molecule has 18 heavy (non-hydrogen) atoms. The lowest BCUT2D eigenvalue weighted by atomic mass is 10.1. The van der Waals surface area contributed by atoms with Gasteiger partial charge in [-0.1, -0.05) is 10.5 Å². The molecular formula is C12H16BrFN2O2. The van der Waals surface area contributed by atoms with Crippen molar-refractivity contribution in [3.8, 4) is 0 Å². The number of methoxy groups -OCH3 is 1. The molecule has 0 aliphatic rings. The number of ether oxygens (including phenoxy) is 1. The summed E-state index contributed by atoms with van der Waals surface area (Å²) >= 11 is 3.03. The lowest BCUT2D eigenvalue weighted by Gasteiger charge is -2.17. The Morgan fingerprint density at radius 2 is 2.28 bits per heavy atom. The SMILES string of the molecule is COCCCN(F)c1cc(CO)ccc1C(=N)Br. The first-order valence-corrected chi connectivity index (χ1v) is 6.30. The smallest absolute Gasteiger partial charge is 0.106 e. The Kier molecular flexibility index (Phi) is 6.24. The van der Waals surface area contributed by atoms with Gasteiger partial charge in [-0.25, -0.2) is 5.12 Å². The van der Waals surface area contributed by atoms with Crippen molar-refractivity contribution < 1.29 is 14.3 Å². The third kappa shape index (κ3) is 4.04. The molecule has 0 aromatic heterocycles. The van der Waals surface area contributed by atoms with Gasteiger partial charge in [0.15, 0.2) is 0 Å². The monoisotopic (exact) mass is 318 g/mol. The summed E-state index contributed by atoms with van der Waals surface area (Å²) in [6.07, 6.45) is 0.547. The lowest BCUT2D eigenvalue weighted by Crippen LogP contribution is -2.17. The van der Waals surface area contributed by atoms with Crippen LogP contribution in [0.25, 0.3) is 0 Å². The number of rotatable bonds is 7. The van der Waals surface area contributed by atoms with E-state index in [2.05, 4.69) is 15.9 Å². The summed E-state index contributed by atoms with van der Waals surface area (Å²) in [7, 11) is 1.56. The maximum Gasteiger partial charge on any atom is 0.106 e. The number of aliphatic hydroxyl groups excluding tert-OH is 1. The topological polar surface area (TPSA) is 56.6 Å². The Bertz CT molecular complexity index is 415. The van der Waals surface area contributed by atoms with E-state index in [1.165, 1.54) is 6.07 Å². The molecule has 6 heteroatoms. The Balaban J connectivity index is 2.92. The van der Waals surface area contributed by atoms with Crippen molar-refractivity contribution in [1.82, 2.24) is 0 Å². The number of anilines is 1. The maximum absolute atomic E-state index is 14.0. The molecule has 0 aliphatic heterocycles. The Labute approximate surface area is 114 Å². The van der Waals surface area contributed by atoms with Crippen LogP contribution >= 0.6 is 15.9 Å². The van der Waals surface area contributed by atoms with Crippen LogP contribution < -0.4 is 5.12 Å². The molecule has 1 aromatic rings. The van der Waals surface area contributed by atoms with Gasteiger partial charge in [-0.2, -0.15) is 0 Å². The van der Waals surface area contributed by atoms with Gasteiger partial charge in [0.2, 0.25) is 0 Å². The minimum Gasteiger partial charge on any atom is -0.392 e. The zero-order valence-electron chi connectivity index (χ0n) is 10.1. The highest BCUT2D eigenvalue weighted by molar-refractivity contribution is 9.18. The van der Waals surface area contributed by atoms with E-state index < -0.39 is 0 Å². The molecule has 0 unspecified atom stereocenters. The number of halogens is 2. The first-order valence-electron chi connectivity index (χ1n) is 5.50. The van der Waals surface area contributed by atoms with Gasteiger partial charge >= 0.3 is 0 Å². The summed E-state index contributed by atoms with van der Waals surface area (Å²) in [6.45, 7) is 0.492. The molecule has 0 heterocycles.